The minimum absolute atomic E-state index is 0.275. The maximum Gasteiger partial charge on any atom is 0.681 e. The van der Waals surface area contributed by atoms with Crippen LogP contribution < -0.4 is 0 Å². The standard InChI is InChI=1S/C32H68O4Si/c1-21(2)25(9)29(13,14)33-37(34-30(15,16)26(10)22(3)4,35-31(17,18)27(11)23(5)6)36-32(19,20)28(12)24(7)8/h21-28H,1-20H3. The molecule has 0 saturated heterocycles. The fraction of sp³-hybridized carbons (Fsp3) is 1.00. The predicted molar refractivity (Wildman–Crippen MR) is 162 cm³/mol. The van der Waals surface area contributed by atoms with Crippen LogP contribution in [0.4, 0.5) is 0 Å². The molecular weight excluding hydrogens is 476 g/mol. The maximum atomic E-state index is 7.22. The first kappa shape index (κ1) is 37.1. The Morgan fingerprint density at radius 2 is 0.459 bits per heavy atom. The molecule has 0 fully saturated rings. The van der Waals surface area contributed by atoms with Crippen molar-refractivity contribution in [1.82, 2.24) is 0 Å². The number of hydrogen-bond donors (Lipinski definition) is 0. The Balaban J connectivity index is 7.19. The van der Waals surface area contributed by atoms with Gasteiger partial charge in [0.1, 0.15) is 0 Å². The van der Waals surface area contributed by atoms with Gasteiger partial charge in [0.2, 0.25) is 0 Å². The first-order valence-electron chi connectivity index (χ1n) is 15.0. The van der Waals surface area contributed by atoms with Crippen LogP contribution in [0, 0.1) is 47.3 Å². The Kier molecular flexibility index (Phi) is 13.2. The van der Waals surface area contributed by atoms with Gasteiger partial charge in [0.15, 0.2) is 0 Å². The lowest BCUT2D eigenvalue weighted by molar-refractivity contribution is -0.201. The zero-order valence-corrected chi connectivity index (χ0v) is 29.8. The van der Waals surface area contributed by atoms with Gasteiger partial charge in [0, 0.05) is 0 Å². The smallest absolute Gasteiger partial charge is 0.346 e. The summed E-state index contributed by atoms with van der Waals surface area (Å²) in [5.74, 6) is 2.86. The van der Waals surface area contributed by atoms with Crippen molar-refractivity contribution in [2.75, 3.05) is 0 Å². The molecule has 0 radical (unpaired) electrons. The Bertz CT molecular complexity index is 561. The highest BCUT2D eigenvalue weighted by Gasteiger charge is 2.61. The third-order valence-corrected chi connectivity index (χ3v) is 13.0. The van der Waals surface area contributed by atoms with Crippen LogP contribution in [-0.4, -0.2) is 31.5 Å². The third-order valence-electron chi connectivity index (χ3n) is 9.94. The Hall–Kier alpha value is 0.0569. The summed E-state index contributed by atoms with van der Waals surface area (Å²) in [7, 11) is -3.77. The molecule has 224 valence electrons. The molecule has 0 aliphatic carbocycles. The quantitative estimate of drug-likeness (QED) is 0.181. The van der Waals surface area contributed by atoms with Crippen molar-refractivity contribution in [3.8, 4) is 0 Å². The highest BCUT2D eigenvalue weighted by Crippen LogP contribution is 2.43. The van der Waals surface area contributed by atoms with E-state index >= 15 is 0 Å². The fourth-order valence-electron chi connectivity index (χ4n) is 5.00. The van der Waals surface area contributed by atoms with E-state index in [1.165, 1.54) is 0 Å². The van der Waals surface area contributed by atoms with Crippen LogP contribution >= 0.6 is 0 Å². The van der Waals surface area contributed by atoms with Gasteiger partial charge in [-0.15, -0.1) is 0 Å². The monoisotopic (exact) mass is 544 g/mol. The third kappa shape index (κ3) is 10.2. The predicted octanol–water partition coefficient (Wildman–Crippen LogP) is 9.77. The summed E-state index contributed by atoms with van der Waals surface area (Å²) in [6.45, 7) is 44.4. The molecule has 4 atom stereocenters. The van der Waals surface area contributed by atoms with E-state index in [2.05, 4.69) is 138 Å². The minimum Gasteiger partial charge on any atom is -0.346 e. The lowest BCUT2D eigenvalue weighted by Gasteiger charge is -2.51. The van der Waals surface area contributed by atoms with E-state index in [-0.39, 0.29) is 23.7 Å². The van der Waals surface area contributed by atoms with Crippen LogP contribution in [0.15, 0.2) is 0 Å². The van der Waals surface area contributed by atoms with Gasteiger partial charge in [-0.1, -0.05) is 83.1 Å². The van der Waals surface area contributed by atoms with E-state index in [4.69, 9.17) is 17.7 Å². The largest absolute Gasteiger partial charge is 0.681 e. The van der Waals surface area contributed by atoms with Gasteiger partial charge in [0.25, 0.3) is 0 Å². The Labute approximate surface area is 234 Å². The molecule has 0 heterocycles. The van der Waals surface area contributed by atoms with E-state index in [0.717, 1.165) is 0 Å². The van der Waals surface area contributed by atoms with Crippen molar-refractivity contribution in [1.29, 1.82) is 0 Å². The van der Waals surface area contributed by atoms with Crippen molar-refractivity contribution in [2.24, 2.45) is 47.3 Å². The lowest BCUT2D eigenvalue weighted by Crippen LogP contribution is -2.66. The summed E-state index contributed by atoms with van der Waals surface area (Å²) in [6.07, 6.45) is 0. The highest BCUT2D eigenvalue weighted by atomic mass is 28.4. The molecule has 0 spiro atoms. The lowest BCUT2D eigenvalue weighted by atomic mass is 9.84. The average molecular weight is 545 g/mol. The second-order valence-corrected chi connectivity index (χ2v) is 17.3. The van der Waals surface area contributed by atoms with E-state index in [1.54, 1.807) is 0 Å². The number of rotatable bonds is 16. The molecule has 0 aromatic heterocycles. The maximum absolute atomic E-state index is 7.22. The van der Waals surface area contributed by atoms with Gasteiger partial charge < -0.3 is 17.7 Å². The second-order valence-electron chi connectivity index (χ2n) is 15.5. The summed E-state index contributed by atoms with van der Waals surface area (Å²) in [6, 6.07) is 0. The average Bonchev–Trinajstić information content (AvgIpc) is 2.68. The molecule has 0 aromatic rings. The first-order chi connectivity index (χ1) is 16.2. The van der Waals surface area contributed by atoms with Gasteiger partial charge in [-0.25, -0.2) is 0 Å². The van der Waals surface area contributed by atoms with E-state index < -0.39 is 31.5 Å². The molecule has 4 unspecified atom stereocenters. The van der Waals surface area contributed by atoms with Crippen LogP contribution in [-0.2, 0) is 17.7 Å². The van der Waals surface area contributed by atoms with Crippen LogP contribution in [0.1, 0.15) is 138 Å². The van der Waals surface area contributed by atoms with Gasteiger partial charge in [-0.05, 0) is 103 Å². The zero-order valence-electron chi connectivity index (χ0n) is 28.8. The Morgan fingerprint density at radius 1 is 0.324 bits per heavy atom. The normalized spacial score (nSPS) is 19.5. The van der Waals surface area contributed by atoms with Crippen molar-refractivity contribution < 1.29 is 17.7 Å². The summed E-state index contributed by atoms with van der Waals surface area (Å²) in [4.78, 5) is 0. The molecule has 5 heteroatoms. The first-order valence-corrected chi connectivity index (χ1v) is 16.7. The van der Waals surface area contributed by atoms with Crippen molar-refractivity contribution in [3.05, 3.63) is 0 Å². The van der Waals surface area contributed by atoms with Crippen LogP contribution in [0.5, 0.6) is 0 Å². The SMILES string of the molecule is CC(C)C(C)C(C)(C)O[Si](OC(C)(C)C(C)C(C)C)(OC(C)(C)C(C)C(C)C)OC(C)(C)C(C)C(C)C. The van der Waals surface area contributed by atoms with E-state index in [1.807, 2.05) is 0 Å². The zero-order chi connectivity index (χ0) is 29.9. The van der Waals surface area contributed by atoms with Crippen LogP contribution in [0.3, 0.4) is 0 Å². The molecular formula is C32H68O4Si. The van der Waals surface area contributed by atoms with Gasteiger partial charge in [0.05, 0.1) is 22.4 Å². The van der Waals surface area contributed by atoms with Crippen LogP contribution in [0.2, 0.25) is 0 Å². The number of hydrogen-bond acceptors (Lipinski definition) is 4. The highest BCUT2D eigenvalue weighted by molar-refractivity contribution is 6.54. The minimum atomic E-state index is -3.77. The molecule has 0 aliphatic heterocycles. The molecule has 4 nitrogen and oxygen atoms in total. The molecule has 0 saturated carbocycles. The molecule has 37 heavy (non-hydrogen) atoms. The van der Waals surface area contributed by atoms with E-state index in [0.29, 0.717) is 23.7 Å². The second kappa shape index (κ2) is 13.1. The molecule has 0 aromatic carbocycles. The van der Waals surface area contributed by atoms with Crippen molar-refractivity contribution in [2.45, 2.75) is 161 Å². The van der Waals surface area contributed by atoms with E-state index in [9.17, 15) is 0 Å². The summed E-state index contributed by atoms with van der Waals surface area (Å²) < 4.78 is 28.9. The van der Waals surface area contributed by atoms with Crippen LogP contribution in [0.25, 0.3) is 0 Å². The summed E-state index contributed by atoms with van der Waals surface area (Å²) in [5, 5.41) is 0. The Morgan fingerprint density at radius 3 is 0.568 bits per heavy atom. The van der Waals surface area contributed by atoms with Crippen molar-refractivity contribution in [3.63, 3.8) is 0 Å². The summed E-state index contributed by atoms with van der Waals surface area (Å²) in [5.41, 5.74) is -2.03. The van der Waals surface area contributed by atoms with Gasteiger partial charge >= 0.3 is 9.05 Å². The fourth-order valence-corrected chi connectivity index (χ4v) is 8.57. The summed E-state index contributed by atoms with van der Waals surface area (Å²) >= 11 is 0. The van der Waals surface area contributed by atoms with Crippen molar-refractivity contribution >= 4 is 9.05 Å². The molecule has 0 aliphatic rings. The van der Waals surface area contributed by atoms with Gasteiger partial charge in [-0.2, -0.15) is 0 Å². The molecule has 0 N–H and O–H groups in total. The molecule has 0 amide bonds. The van der Waals surface area contributed by atoms with Gasteiger partial charge in [-0.3, -0.25) is 0 Å². The molecule has 0 bridgehead atoms. The topological polar surface area (TPSA) is 36.9 Å². The molecule has 0 rings (SSSR count).